The van der Waals surface area contributed by atoms with Crippen molar-refractivity contribution in [1.82, 2.24) is 20.2 Å². The molecule has 0 spiro atoms. The molecule has 0 aliphatic rings. The molecule has 1 aromatic heterocycles. The number of aliphatic carboxylic acids is 1. The van der Waals surface area contributed by atoms with Crippen LogP contribution in [0.25, 0.3) is 0 Å². The van der Waals surface area contributed by atoms with Crippen LogP contribution in [0.1, 0.15) is 52.8 Å². The Bertz CT molecular complexity index is 413. The molecule has 19 heavy (non-hydrogen) atoms. The zero-order valence-electron chi connectivity index (χ0n) is 12.3. The van der Waals surface area contributed by atoms with Gasteiger partial charge < -0.3 is 5.11 Å². The Balaban J connectivity index is 2.92. The van der Waals surface area contributed by atoms with Crippen LogP contribution in [0.3, 0.4) is 0 Å². The van der Waals surface area contributed by atoms with E-state index in [1.165, 1.54) is 0 Å². The summed E-state index contributed by atoms with van der Waals surface area (Å²) >= 11 is 0. The molecule has 0 radical (unpaired) electrons. The summed E-state index contributed by atoms with van der Waals surface area (Å²) in [7, 11) is 0. The number of nitrogens with zero attached hydrogens (tertiary/aromatic N) is 4. The van der Waals surface area contributed by atoms with Crippen molar-refractivity contribution in [3.63, 3.8) is 0 Å². The second-order valence-corrected chi connectivity index (χ2v) is 5.26. The van der Waals surface area contributed by atoms with E-state index in [1.807, 2.05) is 13.8 Å². The van der Waals surface area contributed by atoms with Crippen LogP contribution in [0.5, 0.6) is 0 Å². The first-order valence-electron chi connectivity index (χ1n) is 6.97. The molecule has 0 aliphatic carbocycles. The van der Waals surface area contributed by atoms with Crippen molar-refractivity contribution in [2.75, 3.05) is 0 Å². The average Bonchev–Trinajstić information content (AvgIpc) is 2.82. The summed E-state index contributed by atoms with van der Waals surface area (Å²) < 4.78 is 1.66. The van der Waals surface area contributed by atoms with Gasteiger partial charge >= 0.3 is 5.97 Å². The van der Waals surface area contributed by atoms with E-state index in [9.17, 15) is 9.90 Å². The van der Waals surface area contributed by atoms with Crippen molar-refractivity contribution in [2.24, 2.45) is 11.3 Å². The summed E-state index contributed by atoms with van der Waals surface area (Å²) in [6, 6.07) is 0. The van der Waals surface area contributed by atoms with Crippen molar-refractivity contribution >= 4 is 5.97 Å². The van der Waals surface area contributed by atoms with Crippen molar-refractivity contribution in [2.45, 2.75) is 59.9 Å². The second kappa shape index (κ2) is 6.63. The van der Waals surface area contributed by atoms with Gasteiger partial charge in [-0.15, -0.1) is 5.10 Å². The topological polar surface area (TPSA) is 80.9 Å². The molecule has 0 saturated carbocycles. The lowest BCUT2D eigenvalue weighted by molar-refractivity contribution is -0.150. The van der Waals surface area contributed by atoms with Gasteiger partial charge in [0.2, 0.25) is 0 Å². The van der Waals surface area contributed by atoms with Crippen LogP contribution in [0.4, 0.5) is 0 Å². The normalized spacial score (nSPS) is 13.5. The number of tetrazole rings is 1. The van der Waals surface area contributed by atoms with Gasteiger partial charge in [-0.25, -0.2) is 4.68 Å². The lowest BCUT2D eigenvalue weighted by Gasteiger charge is -2.26. The van der Waals surface area contributed by atoms with Gasteiger partial charge in [0.1, 0.15) is 0 Å². The van der Waals surface area contributed by atoms with E-state index in [2.05, 4.69) is 29.4 Å². The maximum atomic E-state index is 11.5. The summed E-state index contributed by atoms with van der Waals surface area (Å²) in [5.74, 6) is 0.497. The highest BCUT2D eigenvalue weighted by atomic mass is 16.4. The highest BCUT2D eigenvalue weighted by Crippen LogP contribution is 2.29. The predicted molar refractivity (Wildman–Crippen MR) is 71.6 cm³/mol. The van der Waals surface area contributed by atoms with Crippen LogP contribution in [0.2, 0.25) is 0 Å². The molecule has 0 aromatic carbocycles. The first kappa shape index (κ1) is 15.6. The molecule has 1 rings (SSSR count). The summed E-state index contributed by atoms with van der Waals surface area (Å²) in [6.45, 7) is 8.41. The number of carbonyl (C=O) groups is 1. The van der Waals surface area contributed by atoms with Crippen LogP contribution in [-0.4, -0.2) is 31.3 Å². The Kier molecular flexibility index (Phi) is 5.44. The SMILES string of the molecule is CCC(C)Cc1nnnn1CC(CC)(CC)C(=O)O. The van der Waals surface area contributed by atoms with E-state index in [0.717, 1.165) is 18.7 Å². The fourth-order valence-electron chi connectivity index (χ4n) is 2.08. The minimum atomic E-state index is -0.778. The lowest BCUT2D eigenvalue weighted by Crippen LogP contribution is -2.35. The van der Waals surface area contributed by atoms with Crippen molar-refractivity contribution < 1.29 is 9.90 Å². The molecule has 6 heteroatoms. The number of rotatable bonds is 8. The van der Waals surface area contributed by atoms with Gasteiger partial charge in [-0.2, -0.15) is 0 Å². The Morgan fingerprint density at radius 2 is 2.00 bits per heavy atom. The molecule has 6 nitrogen and oxygen atoms in total. The first-order chi connectivity index (χ1) is 8.99. The quantitative estimate of drug-likeness (QED) is 0.781. The number of carboxylic acids is 1. The average molecular weight is 268 g/mol. The van der Waals surface area contributed by atoms with Crippen LogP contribution in [0, 0.1) is 11.3 Å². The van der Waals surface area contributed by atoms with Gasteiger partial charge in [-0.05, 0) is 29.2 Å². The molecule has 0 aliphatic heterocycles. The summed E-state index contributed by atoms with van der Waals surface area (Å²) in [5.41, 5.74) is -0.778. The third-order valence-electron chi connectivity index (χ3n) is 4.09. The maximum Gasteiger partial charge on any atom is 0.311 e. The van der Waals surface area contributed by atoms with Gasteiger partial charge in [-0.1, -0.05) is 34.1 Å². The number of hydrogen-bond acceptors (Lipinski definition) is 4. The summed E-state index contributed by atoms with van der Waals surface area (Å²) in [4.78, 5) is 11.5. The summed E-state index contributed by atoms with van der Waals surface area (Å²) in [5, 5.41) is 21.1. The van der Waals surface area contributed by atoms with Gasteiger partial charge in [-0.3, -0.25) is 4.79 Å². The smallest absolute Gasteiger partial charge is 0.311 e. The van der Waals surface area contributed by atoms with E-state index in [4.69, 9.17) is 0 Å². The zero-order valence-corrected chi connectivity index (χ0v) is 12.3. The van der Waals surface area contributed by atoms with Crippen molar-refractivity contribution in [3.8, 4) is 0 Å². The van der Waals surface area contributed by atoms with E-state index in [0.29, 0.717) is 25.3 Å². The largest absolute Gasteiger partial charge is 0.481 e. The van der Waals surface area contributed by atoms with Crippen LogP contribution in [0.15, 0.2) is 0 Å². The fourth-order valence-corrected chi connectivity index (χ4v) is 2.08. The molecule has 1 heterocycles. The van der Waals surface area contributed by atoms with E-state index in [1.54, 1.807) is 4.68 Å². The minimum Gasteiger partial charge on any atom is -0.481 e. The highest BCUT2D eigenvalue weighted by molar-refractivity contribution is 5.74. The molecular formula is C13H24N4O2. The Morgan fingerprint density at radius 1 is 1.37 bits per heavy atom. The molecule has 0 bridgehead atoms. The molecule has 108 valence electrons. The van der Waals surface area contributed by atoms with E-state index >= 15 is 0 Å². The van der Waals surface area contributed by atoms with Gasteiger partial charge in [0, 0.05) is 6.42 Å². The molecule has 1 unspecified atom stereocenters. The maximum absolute atomic E-state index is 11.5. The van der Waals surface area contributed by atoms with Crippen LogP contribution < -0.4 is 0 Å². The fraction of sp³-hybridized carbons (Fsp3) is 0.846. The molecule has 0 saturated heterocycles. The van der Waals surface area contributed by atoms with Crippen molar-refractivity contribution in [3.05, 3.63) is 5.82 Å². The molecule has 0 fully saturated rings. The van der Waals surface area contributed by atoms with Crippen molar-refractivity contribution in [1.29, 1.82) is 0 Å². The molecule has 0 amide bonds. The van der Waals surface area contributed by atoms with Gasteiger partial charge in [0.15, 0.2) is 5.82 Å². The lowest BCUT2D eigenvalue weighted by atomic mass is 9.82. The monoisotopic (exact) mass is 268 g/mol. The molecular weight excluding hydrogens is 244 g/mol. The first-order valence-corrected chi connectivity index (χ1v) is 6.97. The predicted octanol–water partition coefficient (Wildman–Crippen LogP) is 2.15. The van der Waals surface area contributed by atoms with E-state index < -0.39 is 11.4 Å². The number of carboxylic acid groups (broad SMARTS) is 1. The zero-order chi connectivity index (χ0) is 14.5. The third-order valence-corrected chi connectivity index (χ3v) is 4.09. The third kappa shape index (κ3) is 3.52. The molecule has 1 N–H and O–H groups in total. The molecule has 1 aromatic rings. The minimum absolute atomic E-state index is 0.341. The van der Waals surface area contributed by atoms with Gasteiger partial charge in [0.25, 0.3) is 0 Å². The Labute approximate surface area is 114 Å². The number of aromatic nitrogens is 4. The highest BCUT2D eigenvalue weighted by Gasteiger charge is 2.36. The standard InChI is InChI=1S/C13H24N4O2/c1-5-10(4)8-11-14-15-16-17(11)9-13(6-2,7-3)12(18)19/h10H,5-9H2,1-4H3,(H,18,19). The Morgan fingerprint density at radius 3 is 2.47 bits per heavy atom. The van der Waals surface area contributed by atoms with Crippen LogP contribution in [-0.2, 0) is 17.8 Å². The summed E-state index contributed by atoms with van der Waals surface area (Å²) in [6.07, 6.45) is 2.98. The molecule has 1 atom stereocenters. The van der Waals surface area contributed by atoms with E-state index in [-0.39, 0.29) is 0 Å². The van der Waals surface area contributed by atoms with Crippen LogP contribution >= 0.6 is 0 Å². The second-order valence-electron chi connectivity index (χ2n) is 5.26. The van der Waals surface area contributed by atoms with Gasteiger partial charge in [0.05, 0.1) is 12.0 Å². The Hall–Kier alpha value is -1.46. The number of hydrogen-bond donors (Lipinski definition) is 1.